The van der Waals surface area contributed by atoms with Crippen LogP contribution in [0.25, 0.3) is 0 Å². The van der Waals surface area contributed by atoms with E-state index in [1.54, 1.807) is 16.5 Å². The van der Waals surface area contributed by atoms with Crippen LogP contribution in [0.1, 0.15) is 12.8 Å². The Morgan fingerprint density at radius 3 is 2.80 bits per heavy atom. The third-order valence-corrected chi connectivity index (χ3v) is 4.58. The third-order valence-electron chi connectivity index (χ3n) is 3.89. The van der Waals surface area contributed by atoms with E-state index in [0.717, 1.165) is 5.69 Å². The Morgan fingerprint density at radius 1 is 1.28 bits per heavy atom. The van der Waals surface area contributed by atoms with Gasteiger partial charge in [0, 0.05) is 43.2 Å². The number of nitrogens with one attached hydrogen (secondary N) is 2. The number of carbonyl (C=O) groups excluding carboxylic acids is 3. The first-order valence-electron chi connectivity index (χ1n) is 7.96. The molecule has 3 rings (SSSR count). The van der Waals surface area contributed by atoms with Crippen molar-refractivity contribution in [1.82, 2.24) is 10.3 Å². The predicted molar refractivity (Wildman–Crippen MR) is 95.3 cm³/mol. The fourth-order valence-corrected chi connectivity index (χ4v) is 3.20. The Hall–Kier alpha value is -2.74. The van der Waals surface area contributed by atoms with Crippen LogP contribution in [0.2, 0.25) is 0 Å². The first-order chi connectivity index (χ1) is 12.1. The molecule has 0 unspecified atom stereocenters. The van der Waals surface area contributed by atoms with Gasteiger partial charge in [0.05, 0.1) is 5.92 Å². The molecule has 2 N–H and O–H groups in total. The number of hydrogen-bond acceptors (Lipinski definition) is 5. The van der Waals surface area contributed by atoms with Gasteiger partial charge in [0.25, 0.3) is 0 Å². The highest BCUT2D eigenvalue weighted by Crippen LogP contribution is 2.24. The van der Waals surface area contributed by atoms with Gasteiger partial charge in [-0.1, -0.05) is 18.2 Å². The number of amides is 3. The number of rotatable bonds is 6. The van der Waals surface area contributed by atoms with Crippen molar-refractivity contribution >= 4 is 39.9 Å². The maximum absolute atomic E-state index is 12.2. The van der Waals surface area contributed by atoms with E-state index in [2.05, 4.69) is 15.6 Å². The van der Waals surface area contributed by atoms with Gasteiger partial charge < -0.3 is 15.5 Å². The van der Waals surface area contributed by atoms with Crippen LogP contribution >= 0.6 is 11.3 Å². The summed E-state index contributed by atoms with van der Waals surface area (Å²) in [5.41, 5.74) is 0.797. The second kappa shape index (κ2) is 7.89. The molecule has 25 heavy (non-hydrogen) atoms. The van der Waals surface area contributed by atoms with Gasteiger partial charge >= 0.3 is 0 Å². The molecule has 1 aromatic heterocycles. The number of benzene rings is 1. The quantitative estimate of drug-likeness (QED) is 0.821. The van der Waals surface area contributed by atoms with Crippen molar-refractivity contribution < 1.29 is 14.4 Å². The fourth-order valence-electron chi connectivity index (χ4n) is 2.65. The lowest BCUT2D eigenvalue weighted by Crippen LogP contribution is -2.34. The molecule has 0 radical (unpaired) electrons. The van der Waals surface area contributed by atoms with E-state index in [9.17, 15) is 14.4 Å². The number of anilines is 2. The molecule has 7 nitrogen and oxygen atoms in total. The molecule has 130 valence electrons. The van der Waals surface area contributed by atoms with Crippen LogP contribution in [-0.2, 0) is 14.4 Å². The molecule has 2 heterocycles. The minimum atomic E-state index is -0.394. The van der Waals surface area contributed by atoms with Gasteiger partial charge in [0.1, 0.15) is 0 Å². The van der Waals surface area contributed by atoms with E-state index in [0.29, 0.717) is 11.7 Å². The molecule has 1 saturated heterocycles. The summed E-state index contributed by atoms with van der Waals surface area (Å²) >= 11 is 1.34. The molecule has 0 aliphatic carbocycles. The van der Waals surface area contributed by atoms with Crippen molar-refractivity contribution in [3.8, 4) is 0 Å². The van der Waals surface area contributed by atoms with Crippen LogP contribution in [0.4, 0.5) is 10.8 Å². The maximum atomic E-state index is 12.2. The smallest absolute Gasteiger partial charge is 0.227 e. The molecule has 1 atom stereocenters. The van der Waals surface area contributed by atoms with Gasteiger partial charge in [-0.15, -0.1) is 11.3 Å². The average Bonchev–Trinajstić information content (AvgIpc) is 3.25. The second-order valence-electron chi connectivity index (χ2n) is 5.67. The molecule has 0 spiro atoms. The third kappa shape index (κ3) is 4.42. The number of aromatic nitrogens is 1. The van der Waals surface area contributed by atoms with Crippen molar-refractivity contribution in [3.63, 3.8) is 0 Å². The van der Waals surface area contributed by atoms with Crippen molar-refractivity contribution in [2.45, 2.75) is 12.8 Å². The summed E-state index contributed by atoms with van der Waals surface area (Å²) in [7, 11) is 0. The summed E-state index contributed by atoms with van der Waals surface area (Å²) in [6.07, 6.45) is 1.96. The maximum Gasteiger partial charge on any atom is 0.227 e. The summed E-state index contributed by atoms with van der Waals surface area (Å²) in [6, 6.07) is 9.29. The Morgan fingerprint density at radius 2 is 2.08 bits per heavy atom. The van der Waals surface area contributed by atoms with E-state index in [1.165, 1.54) is 11.3 Å². The van der Waals surface area contributed by atoms with Crippen molar-refractivity contribution in [1.29, 1.82) is 0 Å². The van der Waals surface area contributed by atoms with Gasteiger partial charge in [-0.2, -0.15) is 0 Å². The Balaban J connectivity index is 1.44. The van der Waals surface area contributed by atoms with E-state index < -0.39 is 5.92 Å². The lowest BCUT2D eigenvalue weighted by molar-refractivity contribution is -0.126. The SMILES string of the molecule is O=C(CCNC(=O)[C@@H]1CC(=O)N(c2ccccc2)C1)Nc1nccs1. The van der Waals surface area contributed by atoms with Gasteiger partial charge in [0.15, 0.2) is 5.13 Å². The number of thiazole rings is 1. The Labute approximate surface area is 149 Å². The lowest BCUT2D eigenvalue weighted by atomic mass is 10.1. The van der Waals surface area contributed by atoms with Gasteiger partial charge in [0.2, 0.25) is 17.7 Å². The topological polar surface area (TPSA) is 91.4 Å². The molecule has 1 aliphatic heterocycles. The zero-order chi connectivity index (χ0) is 17.6. The standard InChI is InChI=1S/C17H18N4O3S/c22-14(20-17-19-8-9-25-17)6-7-18-16(24)12-10-15(23)21(11-12)13-4-2-1-3-5-13/h1-5,8-9,12H,6-7,10-11H2,(H,18,24)(H,19,20,22)/t12-/m1/s1. The molecule has 3 amide bonds. The van der Waals surface area contributed by atoms with E-state index in [-0.39, 0.29) is 37.1 Å². The lowest BCUT2D eigenvalue weighted by Gasteiger charge is -2.16. The highest BCUT2D eigenvalue weighted by atomic mass is 32.1. The van der Waals surface area contributed by atoms with Crippen LogP contribution in [0.3, 0.4) is 0 Å². The monoisotopic (exact) mass is 358 g/mol. The molecular formula is C17H18N4O3S. The number of para-hydroxylation sites is 1. The summed E-state index contributed by atoms with van der Waals surface area (Å²) < 4.78 is 0. The van der Waals surface area contributed by atoms with Crippen LogP contribution in [0.5, 0.6) is 0 Å². The summed E-state index contributed by atoms with van der Waals surface area (Å²) in [5, 5.41) is 7.70. The fraction of sp³-hybridized carbons (Fsp3) is 0.294. The zero-order valence-electron chi connectivity index (χ0n) is 13.5. The average molecular weight is 358 g/mol. The first-order valence-corrected chi connectivity index (χ1v) is 8.84. The van der Waals surface area contributed by atoms with Crippen LogP contribution in [0.15, 0.2) is 41.9 Å². The highest BCUT2D eigenvalue weighted by molar-refractivity contribution is 7.13. The molecule has 1 fully saturated rings. The van der Waals surface area contributed by atoms with Gasteiger partial charge in [-0.25, -0.2) is 4.98 Å². The highest BCUT2D eigenvalue weighted by Gasteiger charge is 2.34. The van der Waals surface area contributed by atoms with Crippen molar-refractivity contribution in [2.24, 2.45) is 5.92 Å². The second-order valence-corrected chi connectivity index (χ2v) is 6.56. The summed E-state index contributed by atoms with van der Waals surface area (Å²) in [5.74, 6) is -0.861. The first kappa shape index (κ1) is 17.1. The van der Waals surface area contributed by atoms with E-state index >= 15 is 0 Å². The Bertz CT molecular complexity index is 749. The number of carbonyl (C=O) groups is 3. The summed E-state index contributed by atoms with van der Waals surface area (Å²) in [4.78, 5) is 41.7. The molecule has 0 bridgehead atoms. The largest absolute Gasteiger partial charge is 0.355 e. The van der Waals surface area contributed by atoms with Gasteiger partial charge in [-0.3, -0.25) is 14.4 Å². The van der Waals surface area contributed by atoms with Crippen molar-refractivity contribution in [3.05, 3.63) is 41.9 Å². The molecule has 1 aliphatic rings. The van der Waals surface area contributed by atoms with Crippen LogP contribution in [-0.4, -0.2) is 35.8 Å². The number of hydrogen-bond donors (Lipinski definition) is 2. The van der Waals surface area contributed by atoms with Crippen LogP contribution < -0.4 is 15.5 Å². The van der Waals surface area contributed by atoms with Crippen LogP contribution in [0, 0.1) is 5.92 Å². The minimum Gasteiger partial charge on any atom is -0.355 e. The number of nitrogens with zero attached hydrogens (tertiary/aromatic N) is 2. The van der Waals surface area contributed by atoms with Crippen molar-refractivity contribution in [2.75, 3.05) is 23.3 Å². The molecule has 2 aromatic rings. The molecule has 0 saturated carbocycles. The van der Waals surface area contributed by atoms with E-state index in [4.69, 9.17) is 0 Å². The van der Waals surface area contributed by atoms with Gasteiger partial charge in [-0.05, 0) is 12.1 Å². The molecular weight excluding hydrogens is 340 g/mol. The minimum absolute atomic E-state index is 0.0622. The predicted octanol–water partition coefficient (Wildman–Crippen LogP) is 1.64. The molecule has 1 aromatic carbocycles. The van der Waals surface area contributed by atoms with E-state index in [1.807, 2.05) is 30.3 Å². The summed E-state index contributed by atoms with van der Waals surface area (Å²) in [6.45, 7) is 0.589. The Kier molecular flexibility index (Phi) is 5.39. The normalized spacial score (nSPS) is 16.7. The zero-order valence-corrected chi connectivity index (χ0v) is 14.3. The molecule has 8 heteroatoms.